The van der Waals surface area contributed by atoms with Gasteiger partial charge < -0.3 is 105 Å². The Morgan fingerprint density at radius 2 is 0.804 bits per heavy atom. The fourth-order valence-corrected chi connectivity index (χ4v) is 5.53. The minimum Gasteiger partial charge on any atom is -0.479 e. The van der Waals surface area contributed by atoms with Crippen LogP contribution < -0.4 is 0 Å². The number of aliphatic hydroxyl groups is 13. The number of hydrogen-bond donors (Lipinski definition) is 14. The smallest absolute Gasteiger partial charge is 0.335 e. The summed E-state index contributed by atoms with van der Waals surface area (Å²) < 4.78 is 37.2. The van der Waals surface area contributed by atoms with Crippen molar-refractivity contribution < 1.29 is 109 Å². The molecule has 4 aliphatic heterocycles. The van der Waals surface area contributed by atoms with E-state index in [9.17, 15) is 76.3 Å². The number of rotatable bonds is 10. The van der Waals surface area contributed by atoms with Crippen molar-refractivity contribution in [1.29, 1.82) is 0 Å². The fraction of sp³-hybridized carbons (Fsp3) is 0.958. The topological polar surface area (TPSA) is 365 Å². The molecule has 0 aromatic rings. The van der Waals surface area contributed by atoms with Crippen molar-refractivity contribution in [2.75, 3.05) is 19.8 Å². The first-order chi connectivity index (χ1) is 21.7. The highest BCUT2D eigenvalue weighted by molar-refractivity contribution is 5.73. The molecule has 268 valence electrons. The number of carboxylic acids is 1. The molecule has 22 nitrogen and oxygen atoms in total. The van der Waals surface area contributed by atoms with E-state index in [0.29, 0.717) is 0 Å². The second kappa shape index (κ2) is 15.5. The predicted molar refractivity (Wildman–Crippen MR) is 134 cm³/mol. The summed E-state index contributed by atoms with van der Waals surface area (Å²) in [6, 6.07) is 0. The van der Waals surface area contributed by atoms with E-state index in [0.717, 1.165) is 0 Å². The molecule has 0 aromatic heterocycles. The van der Waals surface area contributed by atoms with Crippen LogP contribution in [0.5, 0.6) is 0 Å². The van der Waals surface area contributed by atoms with Crippen LogP contribution in [0.1, 0.15) is 0 Å². The van der Waals surface area contributed by atoms with Gasteiger partial charge in [0.2, 0.25) is 0 Å². The van der Waals surface area contributed by atoms with Crippen LogP contribution >= 0.6 is 0 Å². The van der Waals surface area contributed by atoms with Gasteiger partial charge in [-0.1, -0.05) is 0 Å². The average molecular weight is 681 g/mol. The van der Waals surface area contributed by atoms with Gasteiger partial charge in [0.05, 0.1) is 19.8 Å². The lowest BCUT2D eigenvalue weighted by Gasteiger charge is -2.48. The van der Waals surface area contributed by atoms with E-state index in [-0.39, 0.29) is 0 Å². The van der Waals surface area contributed by atoms with Crippen molar-refractivity contribution in [2.45, 2.75) is 123 Å². The lowest BCUT2D eigenvalue weighted by Crippen LogP contribution is -2.67. The number of ether oxygens (including phenoxy) is 7. The van der Waals surface area contributed by atoms with Gasteiger partial charge in [0, 0.05) is 0 Å². The Kier molecular flexibility index (Phi) is 12.6. The van der Waals surface area contributed by atoms with E-state index >= 15 is 0 Å². The lowest BCUT2D eigenvalue weighted by atomic mass is 9.95. The van der Waals surface area contributed by atoms with Crippen LogP contribution in [0.2, 0.25) is 0 Å². The zero-order chi connectivity index (χ0) is 34.2. The first-order valence-electron chi connectivity index (χ1n) is 14.1. The molecule has 20 atom stereocenters. The average Bonchev–Trinajstić information content (AvgIpc) is 3.03. The van der Waals surface area contributed by atoms with Crippen LogP contribution in [0.3, 0.4) is 0 Å². The lowest BCUT2D eigenvalue weighted by molar-refractivity contribution is -0.386. The summed E-state index contributed by atoms with van der Waals surface area (Å²) in [6.45, 7) is -2.72. The minimum absolute atomic E-state index is 0.823. The Hall–Kier alpha value is -1.33. The SMILES string of the molecule is O=C(O)C1O[C@@H](O[C@@H]2C(CO)O[C@@H](O[C@@H]3C(CO)O[C@H](O[C@H]4C(CO)O[C@H](O)C(O)C4O)C(O)C3O)[C@@H](O)C2O)C(O)C(O)[C@@H]1O. The van der Waals surface area contributed by atoms with E-state index in [4.69, 9.17) is 33.2 Å². The second-order valence-corrected chi connectivity index (χ2v) is 11.2. The first kappa shape index (κ1) is 37.5. The van der Waals surface area contributed by atoms with Crippen LogP contribution in [0.15, 0.2) is 0 Å². The second-order valence-electron chi connectivity index (χ2n) is 11.2. The maximum Gasteiger partial charge on any atom is 0.335 e. The molecule has 0 radical (unpaired) electrons. The van der Waals surface area contributed by atoms with E-state index < -0.39 is 149 Å². The molecule has 0 bridgehead atoms. The Balaban J connectivity index is 1.44. The highest BCUT2D eigenvalue weighted by atomic mass is 16.8. The maximum absolute atomic E-state index is 11.4. The molecule has 0 aromatic carbocycles. The number of aliphatic hydroxyl groups excluding tert-OH is 13. The van der Waals surface area contributed by atoms with Gasteiger partial charge in [-0.05, 0) is 0 Å². The third kappa shape index (κ3) is 7.31. The van der Waals surface area contributed by atoms with Crippen molar-refractivity contribution in [3.63, 3.8) is 0 Å². The molecular formula is C24H40O22. The Bertz CT molecular complexity index is 986. The van der Waals surface area contributed by atoms with Crippen LogP contribution in [-0.2, 0) is 38.0 Å². The van der Waals surface area contributed by atoms with E-state index in [1.807, 2.05) is 0 Å². The standard InChI is InChI=1S/C24H40O22/c25-1-4-16(9(30)12(33)21(39)40-4)43-22-14(35)10(31)17(5(2-26)41-22)44-23-15(36)11(32)18(6(3-27)42-23)45-24-13(34)7(28)8(29)19(46-24)20(37)38/h4-19,21-36,39H,1-3H2,(H,37,38)/t4?,5?,6?,7?,8-,9?,10?,11?,12?,13?,14?,15-,16-,17+,18+,19?,21-,22+,23-,24+/m0/s1. The fourth-order valence-electron chi connectivity index (χ4n) is 5.53. The molecule has 0 amide bonds. The molecule has 22 heteroatoms. The predicted octanol–water partition coefficient (Wildman–Crippen LogP) is -9.66. The van der Waals surface area contributed by atoms with Gasteiger partial charge in [0.1, 0.15) is 91.6 Å². The Labute approximate surface area is 258 Å². The highest BCUT2D eigenvalue weighted by Crippen LogP contribution is 2.34. The van der Waals surface area contributed by atoms with Crippen molar-refractivity contribution in [1.82, 2.24) is 0 Å². The number of hydrogen-bond acceptors (Lipinski definition) is 21. The highest BCUT2D eigenvalue weighted by Gasteiger charge is 2.55. The third-order valence-electron chi connectivity index (χ3n) is 8.17. The summed E-state index contributed by atoms with van der Waals surface area (Å²) in [5, 5.41) is 142. The Morgan fingerprint density at radius 1 is 0.457 bits per heavy atom. The normalized spacial score (nSPS) is 51.9. The van der Waals surface area contributed by atoms with Crippen LogP contribution in [0.25, 0.3) is 0 Å². The van der Waals surface area contributed by atoms with Crippen LogP contribution in [0.4, 0.5) is 0 Å². The molecule has 0 saturated carbocycles. The van der Waals surface area contributed by atoms with Crippen molar-refractivity contribution in [3.8, 4) is 0 Å². The molecule has 4 saturated heterocycles. The zero-order valence-electron chi connectivity index (χ0n) is 23.7. The van der Waals surface area contributed by atoms with Gasteiger partial charge in [-0.2, -0.15) is 0 Å². The monoisotopic (exact) mass is 680 g/mol. The summed E-state index contributed by atoms with van der Waals surface area (Å²) in [6.07, 6.45) is -37.7. The summed E-state index contributed by atoms with van der Waals surface area (Å²) in [5.41, 5.74) is 0. The molecule has 14 N–H and O–H groups in total. The van der Waals surface area contributed by atoms with Gasteiger partial charge in [0.25, 0.3) is 0 Å². The van der Waals surface area contributed by atoms with E-state index in [2.05, 4.69) is 0 Å². The van der Waals surface area contributed by atoms with Crippen molar-refractivity contribution in [2.24, 2.45) is 0 Å². The van der Waals surface area contributed by atoms with Crippen molar-refractivity contribution in [3.05, 3.63) is 0 Å². The van der Waals surface area contributed by atoms with Gasteiger partial charge in [-0.25, -0.2) is 4.79 Å². The molecular weight excluding hydrogens is 640 g/mol. The summed E-state index contributed by atoms with van der Waals surface area (Å²) in [5.74, 6) is -1.73. The number of aliphatic carboxylic acids is 1. The minimum atomic E-state index is -2.09. The summed E-state index contributed by atoms with van der Waals surface area (Å²) >= 11 is 0. The molecule has 0 spiro atoms. The Morgan fingerprint density at radius 3 is 1.20 bits per heavy atom. The number of carboxylic acid groups (broad SMARTS) is 1. The first-order valence-corrected chi connectivity index (χ1v) is 14.1. The van der Waals surface area contributed by atoms with Gasteiger partial charge >= 0.3 is 5.97 Å². The molecule has 4 heterocycles. The van der Waals surface area contributed by atoms with Crippen LogP contribution in [0, 0.1) is 0 Å². The maximum atomic E-state index is 11.4. The molecule has 46 heavy (non-hydrogen) atoms. The van der Waals surface area contributed by atoms with E-state index in [1.165, 1.54) is 0 Å². The molecule has 0 aliphatic carbocycles. The number of carbonyl (C=O) groups is 1. The molecule has 4 aliphatic rings. The third-order valence-corrected chi connectivity index (χ3v) is 8.17. The zero-order valence-corrected chi connectivity index (χ0v) is 23.7. The summed E-state index contributed by atoms with van der Waals surface area (Å²) in [4.78, 5) is 11.4. The van der Waals surface area contributed by atoms with Gasteiger partial charge in [0.15, 0.2) is 31.3 Å². The van der Waals surface area contributed by atoms with Gasteiger partial charge in [-0.15, -0.1) is 0 Å². The summed E-state index contributed by atoms with van der Waals surface area (Å²) in [7, 11) is 0. The molecule has 4 fully saturated rings. The van der Waals surface area contributed by atoms with Crippen LogP contribution in [-0.4, -0.2) is 220 Å². The molecule has 4 rings (SSSR count). The van der Waals surface area contributed by atoms with Gasteiger partial charge in [-0.3, -0.25) is 0 Å². The molecule has 11 unspecified atom stereocenters. The quantitative estimate of drug-likeness (QED) is 0.102. The largest absolute Gasteiger partial charge is 0.479 e. The van der Waals surface area contributed by atoms with E-state index in [1.54, 1.807) is 0 Å². The van der Waals surface area contributed by atoms with Crippen molar-refractivity contribution >= 4 is 5.97 Å².